The fourth-order valence-corrected chi connectivity index (χ4v) is 4.69. The summed E-state index contributed by atoms with van der Waals surface area (Å²) in [6.45, 7) is 1.73. The van der Waals surface area contributed by atoms with Gasteiger partial charge in [-0.3, -0.25) is 0 Å². The van der Waals surface area contributed by atoms with Crippen LogP contribution in [0.2, 0.25) is 0 Å². The summed E-state index contributed by atoms with van der Waals surface area (Å²) in [5.74, 6) is 1.83. The molecule has 1 aromatic carbocycles. The van der Waals surface area contributed by atoms with Gasteiger partial charge in [0.05, 0.1) is 5.69 Å². The molecule has 2 N–H and O–H groups in total. The summed E-state index contributed by atoms with van der Waals surface area (Å²) >= 11 is 0. The lowest BCUT2D eigenvalue weighted by atomic mass is 9.83. The number of piperidine rings is 2. The van der Waals surface area contributed by atoms with Crippen molar-refractivity contribution in [1.82, 2.24) is 25.7 Å². The van der Waals surface area contributed by atoms with Gasteiger partial charge in [-0.25, -0.2) is 0 Å². The molecule has 8 heteroatoms. The summed E-state index contributed by atoms with van der Waals surface area (Å²) in [4.78, 5) is 2.25. The number of phenolic OH excluding ortho intramolecular Hbond substituents is 1. The quantitative estimate of drug-likeness (QED) is 0.681. The molecule has 156 valence electrons. The molecule has 1 unspecified atom stereocenters. The first-order chi connectivity index (χ1) is 14.6. The topological polar surface area (TPSA) is 100 Å². The van der Waals surface area contributed by atoms with Crippen molar-refractivity contribution < 1.29 is 9.52 Å². The van der Waals surface area contributed by atoms with Crippen LogP contribution in [0.1, 0.15) is 38.0 Å². The van der Waals surface area contributed by atoms with E-state index in [1.165, 1.54) is 19.3 Å². The van der Waals surface area contributed by atoms with Crippen molar-refractivity contribution in [2.24, 2.45) is 0 Å². The summed E-state index contributed by atoms with van der Waals surface area (Å²) in [6, 6.07) is 10.8. The van der Waals surface area contributed by atoms with Gasteiger partial charge in [0, 0.05) is 43.2 Å². The number of rotatable bonds is 4. The number of benzene rings is 1. The average molecular weight is 406 g/mol. The molecule has 2 aliphatic rings. The molecule has 2 fully saturated rings. The lowest BCUT2D eigenvalue weighted by molar-refractivity contribution is 0.219. The minimum atomic E-state index is 0.102. The van der Waals surface area contributed by atoms with Gasteiger partial charge in [0.1, 0.15) is 5.75 Å². The Morgan fingerprint density at radius 2 is 1.83 bits per heavy atom. The van der Waals surface area contributed by atoms with E-state index in [1.807, 2.05) is 18.2 Å². The molecule has 5 rings (SSSR count). The van der Waals surface area contributed by atoms with Crippen molar-refractivity contribution in [3.8, 4) is 28.5 Å². The van der Waals surface area contributed by atoms with Gasteiger partial charge in [-0.1, -0.05) is 6.42 Å². The molecule has 4 heterocycles. The number of fused-ring (bicyclic) bond motifs is 2. The van der Waals surface area contributed by atoms with Crippen molar-refractivity contribution in [2.75, 3.05) is 11.9 Å². The van der Waals surface area contributed by atoms with E-state index in [-0.39, 0.29) is 5.75 Å². The van der Waals surface area contributed by atoms with Crippen molar-refractivity contribution in [2.45, 2.75) is 57.2 Å². The zero-order valence-electron chi connectivity index (χ0n) is 17.2. The first-order valence-electron chi connectivity index (χ1n) is 10.5. The molecule has 3 atom stereocenters. The van der Waals surface area contributed by atoms with Gasteiger partial charge in [0.2, 0.25) is 11.8 Å². The number of hydrogen-bond acceptors (Lipinski definition) is 8. The minimum Gasteiger partial charge on any atom is -0.507 e. The molecule has 8 nitrogen and oxygen atoms in total. The standard InChI is InChI=1S/C22H26N6O2/c1-13-24-27-22(30-13)14-6-7-18(20(29)10-14)19-8-9-21(26-25-19)28(2)17-11-15-4-3-5-16(12-17)23-15/h6-10,15-17,23,29H,3-5,11-12H2,1-2H3/t15-,16+,17?. The van der Waals surface area contributed by atoms with Crippen LogP contribution in [0.15, 0.2) is 34.7 Å². The number of nitrogens with one attached hydrogen (secondary N) is 1. The number of phenols is 1. The van der Waals surface area contributed by atoms with Crippen molar-refractivity contribution in [1.29, 1.82) is 0 Å². The maximum absolute atomic E-state index is 10.5. The van der Waals surface area contributed by atoms with Crippen LogP contribution in [0.5, 0.6) is 5.75 Å². The highest BCUT2D eigenvalue weighted by Gasteiger charge is 2.33. The van der Waals surface area contributed by atoms with E-state index in [9.17, 15) is 5.11 Å². The smallest absolute Gasteiger partial charge is 0.247 e. The number of aromatic nitrogens is 4. The molecule has 0 aliphatic carbocycles. The molecule has 2 aromatic heterocycles. The summed E-state index contributed by atoms with van der Waals surface area (Å²) in [7, 11) is 2.11. The van der Waals surface area contributed by atoms with Crippen LogP contribution >= 0.6 is 0 Å². The van der Waals surface area contributed by atoms with Gasteiger partial charge in [0.15, 0.2) is 5.82 Å². The van der Waals surface area contributed by atoms with Crippen LogP contribution < -0.4 is 10.2 Å². The number of anilines is 1. The van der Waals surface area contributed by atoms with Crippen LogP contribution in [0, 0.1) is 6.92 Å². The van der Waals surface area contributed by atoms with Gasteiger partial charge in [-0.15, -0.1) is 20.4 Å². The number of hydrogen-bond donors (Lipinski definition) is 2. The Bertz CT molecular complexity index is 1020. The van der Waals surface area contributed by atoms with Gasteiger partial charge in [-0.05, 0) is 56.0 Å². The molecule has 0 amide bonds. The van der Waals surface area contributed by atoms with E-state index >= 15 is 0 Å². The monoisotopic (exact) mass is 406 g/mol. The highest BCUT2D eigenvalue weighted by molar-refractivity contribution is 5.71. The summed E-state index contributed by atoms with van der Waals surface area (Å²) in [6.07, 6.45) is 6.16. The molecule has 3 aromatic rings. The average Bonchev–Trinajstić information content (AvgIpc) is 3.19. The molecule has 2 saturated heterocycles. The minimum absolute atomic E-state index is 0.102. The van der Waals surface area contributed by atoms with E-state index in [0.717, 1.165) is 18.7 Å². The predicted molar refractivity (Wildman–Crippen MR) is 113 cm³/mol. The molecular weight excluding hydrogens is 380 g/mol. The van der Waals surface area contributed by atoms with Crippen LogP contribution in [0.4, 0.5) is 5.82 Å². The van der Waals surface area contributed by atoms with Gasteiger partial charge >= 0.3 is 0 Å². The Morgan fingerprint density at radius 1 is 1.03 bits per heavy atom. The molecule has 0 radical (unpaired) electrons. The molecule has 30 heavy (non-hydrogen) atoms. The largest absolute Gasteiger partial charge is 0.507 e. The van der Waals surface area contributed by atoms with E-state index in [2.05, 4.69) is 37.7 Å². The predicted octanol–water partition coefficient (Wildman–Crippen LogP) is 3.32. The maximum Gasteiger partial charge on any atom is 0.247 e. The second kappa shape index (κ2) is 7.68. The van der Waals surface area contributed by atoms with Gasteiger partial charge in [-0.2, -0.15) is 0 Å². The summed E-state index contributed by atoms with van der Waals surface area (Å²) in [5, 5.41) is 30.9. The van der Waals surface area contributed by atoms with Crippen molar-refractivity contribution in [3.63, 3.8) is 0 Å². The third kappa shape index (κ3) is 3.63. The van der Waals surface area contributed by atoms with Crippen LogP contribution in [0.3, 0.4) is 0 Å². The molecule has 0 saturated carbocycles. The molecular formula is C22H26N6O2. The molecule has 0 spiro atoms. The zero-order valence-corrected chi connectivity index (χ0v) is 17.2. The van der Waals surface area contributed by atoms with Crippen molar-refractivity contribution in [3.05, 3.63) is 36.2 Å². The summed E-state index contributed by atoms with van der Waals surface area (Å²) < 4.78 is 5.43. The first kappa shape index (κ1) is 19.0. The van der Waals surface area contributed by atoms with Crippen LogP contribution in [0.25, 0.3) is 22.7 Å². The number of aryl methyl sites for hydroxylation is 1. The molecule has 2 aliphatic heterocycles. The lowest BCUT2D eigenvalue weighted by Crippen LogP contribution is -2.54. The highest BCUT2D eigenvalue weighted by atomic mass is 16.4. The second-order valence-corrected chi connectivity index (χ2v) is 8.36. The normalized spacial score (nSPS) is 23.3. The van der Waals surface area contributed by atoms with Gasteiger partial charge in [0.25, 0.3) is 0 Å². The Balaban J connectivity index is 1.33. The Morgan fingerprint density at radius 3 is 2.47 bits per heavy atom. The fraction of sp³-hybridized carbons (Fsp3) is 0.455. The van der Waals surface area contributed by atoms with Gasteiger partial charge < -0.3 is 19.7 Å². The van der Waals surface area contributed by atoms with E-state index in [0.29, 0.717) is 46.7 Å². The zero-order chi connectivity index (χ0) is 20.7. The Kier molecular flexibility index (Phi) is 4.86. The maximum atomic E-state index is 10.5. The Labute approximate surface area is 175 Å². The number of aromatic hydroxyl groups is 1. The highest BCUT2D eigenvalue weighted by Crippen LogP contribution is 2.33. The second-order valence-electron chi connectivity index (χ2n) is 8.36. The van der Waals surface area contributed by atoms with E-state index in [4.69, 9.17) is 4.42 Å². The summed E-state index contributed by atoms with van der Waals surface area (Å²) in [5.41, 5.74) is 1.91. The van der Waals surface area contributed by atoms with E-state index < -0.39 is 0 Å². The van der Waals surface area contributed by atoms with E-state index in [1.54, 1.807) is 19.1 Å². The van der Waals surface area contributed by atoms with Crippen LogP contribution in [-0.4, -0.2) is 50.7 Å². The first-order valence-corrected chi connectivity index (χ1v) is 10.5. The van der Waals surface area contributed by atoms with Crippen molar-refractivity contribution >= 4 is 5.82 Å². The Hall–Kier alpha value is -3.00. The third-order valence-corrected chi connectivity index (χ3v) is 6.30. The molecule has 2 bridgehead atoms. The van der Waals surface area contributed by atoms with Crippen LogP contribution in [-0.2, 0) is 0 Å². The fourth-order valence-electron chi connectivity index (χ4n) is 4.69. The number of nitrogens with zero attached hydrogens (tertiary/aromatic N) is 5. The third-order valence-electron chi connectivity index (χ3n) is 6.30. The lowest BCUT2D eigenvalue weighted by Gasteiger charge is -2.43. The SMILES string of the molecule is Cc1nnc(-c2ccc(-c3ccc(N(C)C4C[C@H]5CCC[C@@H](C4)N5)nn3)c(O)c2)o1.